The van der Waals surface area contributed by atoms with Gasteiger partial charge in [0.25, 0.3) is 0 Å². The van der Waals surface area contributed by atoms with Gasteiger partial charge in [-0.2, -0.15) is 4.68 Å². The minimum absolute atomic E-state index is 0.0196. The lowest BCUT2D eigenvalue weighted by Gasteiger charge is -2.23. The van der Waals surface area contributed by atoms with Gasteiger partial charge in [-0.1, -0.05) is 23.4 Å². The molecule has 0 aliphatic heterocycles. The van der Waals surface area contributed by atoms with Gasteiger partial charge in [-0.05, 0) is 29.4 Å². The third-order valence-corrected chi connectivity index (χ3v) is 3.50. The summed E-state index contributed by atoms with van der Waals surface area (Å²) in [6.07, 6.45) is 0. The lowest BCUT2D eigenvalue weighted by molar-refractivity contribution is -0.255. The molecule has 3 aromatic rings. The monoisotopic (exact) mass is 328 g/mol. The predicted octanol–water partition coefficient (Wildman–Crippen LogP) is -0.377. The molecule has 0 aliphatic rings. The Bertz CT molecular complexity index is 843. The van der Waals surface area contributed by atoms with Gasteiger partial charge in [0, 0.05) is 12.2 Å². The van der Waals surface area contributed by atoms with Crippen LogP contribution >= 0.6 is 0 Å². The first-order valence-electron chi connectivity index (χ1n) is 7.16. The molecule has 0 bridgehead atoms. The Morgan fingerprint density at radius 1 is 1.33 bits per heavy atom. The van der Waals surface area contributed by atoms with Crippen LogP contribution in [-0.4, -0.2) is 37.8 Å². The predicted molar refractivity (Wildman–Crippen MR) is 81.1 cm³/mol. The van der Waals surface area contributed by atoms with E-state index in [4.69, 9.17) is 5.73 Å². The molecule has 3 rings (SSSR count). The molecule has 2 heterocycles. The summed E-state index contributed by atoms with van der Waals surface area (Å²) in [5.41, 5.74) is 6.57. The number of carbonyl (C=O) groups is 1. The number of nitrogen functional groups attached to an aromatic ring is 1. The van der Waals surface area contributed by atoms with E-state index in [9.17, 15) is 9.90 Å². The number of aromatic carboxylic acids is 1. The lowest BCUT2D eigenvalue weighted by Crippen LogP contribution is -2.29. The van der Waals surface area contributed by atoms with E-state index in [0.29, 0.717) is 6.54 Å². The largest absolute Gasteiger partial charge is 0.543 e. The van der Waals surface area contributed by atoms with E-state index >= 15 is 0 Å². The number of carbonyl (C=O) groups excluding carboxylic acids is 1. The Kier molecular flexibility index (Phi) is 4.10. The number of hydrogen-bond donors (Lipinski definition) is 1. The highest BCUT2D eigenvalue weighted by molar-refractivity contribution is 5.85. The Morgan fingerprint density at radius 3 is 2.67 bits per heavy atom. The highest BCUT2D eigenvalue weighted by atomic mass is 16.6. The molecule has 2 aromatic heterocycles. The van der Waals surface area contributed by atoms with Crippen LogP contribution < -0.4 is 15.7 Å². The van der Waals surface area contributed by atoms with Crippen LogP contribution in [0, 0.1) is 0 Å². The second-order valence-electron chi connectivity index (χ2n) is 4.91. The van der Waals surface area contributed by atoms with Gasteiger partial charge in [0.1, 0.15) is 5.69 Å². The summed E-state index contributed by atoms with van der Waals surface area (Å²) < 4.78 is 5.75. The molecule has 2 N–H and O–H groups in total. The van der Waals surface area contributed by atoms with Crippen molar-refractivity contribution >= 4 is 17.5 Å². The van der Waals surface area contributed by atoms with Crippen LogP contribution in [-0.2, 0) is 6.54 Å². The van der Waals surface area contributed by atoms with Crippen LogP contribution in [0.15, 0.2) is 35.0 Å². The Labute approximate surface area is 136 Å². The summed E-state index contributed by atoms with van der Waals surface area (Å²) in [4.78, 5) is 13.3. The van der Waals surface area contributed by atoms with E-state index in [0.717, 1.165) is 5.69 Å². The van der Waals surface area contributed by atoms with E-state index in [2.05, 4.69) is 25.3 Å². The van der Waals surface area contributed by atoms with E-state index in [1.807, 2.05) is 42.2 Å². The summed E-state index contributed by atoms with van der Waals surface area (Å²) in [6, 6.07) is 9.53. The normalized spacial score (nSPS) is 10.7. The summed E-state index contributed by atoms with van der Waals surface area (Å²) in [5, 5.41) is 25.9. The molecular formula is C14H14N7O3-. The minimum atomic E-state index is -1.43. The fourth-order valence-electron chi connectivity index (χ4n) is 2.32. The Balaban J connectivity index is 2.04. The molecule has 0 unspecified atom stereocenters. The highest BCUT2D eigenvalue weighted by Crippen LogP contribution is 2.20. The minimum Gasteiger partial charge on any atom is -0.543 e. The van der Waals surface area contributed by atoms with Crippen LogP contribution in [0.1, 0.15) is 23.1 Å². The summed E-state index contributed by atoms with van der Waals surface area (Å²) in [6.45, 7) is 2.79. The maximum absolute atomic E-state index is 11.4. The lowest BCUT2D eigenvalue weighted by atomic mass is 10.2. The molecule has 24 heavy (non-hydrogen) atoms. The number of carboxylic acid groups (broad SMARTS) is 1. The van der Waals surface area contributed by atoms with Crippen molar-refractivity contribution in [1.29, 1.82) is 0 Å². The van der Waals surface area contributed by atoms with E-state index in [1.165, 1.54) is 4.68 Å². The number of nitrogens with zero attached hydrogens (tertiary/aromatic N) is 6. The molecule has 0 amide bonds. The molecule has 0 radical (unpaired) electrons. The molecule has 0 spiro atoms. The highest BCUT2D eigenvalue weighted by Gasteiger charge is 2.22. The fraction of sp³-hybridized carbons (Fsp3) is 0.214. The topological polar surface area (TPSA) is 139 Å². The van der Waals surface area contributed by atoms with Crippen molar-refractivity contribution in [1.82, 2.24) is 25.3 Å². The van der Waals surface area contributed by atoms with E-state index in [1.54, 1.807) is 0 Å². The summed E-state index contributed by atoms with van der Waals surface area (Å²) >= 11 is 0. The SMILES string of the molecule is CCN(Cc1c(C(=O)[O-])nnn1-c1nonc1N)c1ccccc1. The number of aromatic nitrogens is 5. The van der Waals surface area contributed by atoms with Crippen molar-refractivity contribution in [3.05, 3.63) is 41.7 Å². The number of para-hydroxylation sites is 1. The van der Waals surface area contributed by atoms with Crippen molar-refractivity contribution in [3.8, 4) is 5.82 Å². The van der Waals surface area contributed by atoms with Gasteiger partial charge in [-0.15, -0.1) is 5.10 Å². The van der Waals surface area contributed by atoms with Crippen LogP contribution in [0.5, 0.6) is 0 Å². The first-order valence-corrected chi connectivity index (χ1v) is 7.16. The summed E-state index contributed by atoms with van der Waals surface area (Å²) in [5.74, 6) is -1.38. The van der Waals surface area contributed by atoms with Crippen molar-refractivity contribution in [2.45, 2.75) is 13.5 Å². The number of nitrogens with two attached hydrogens (primary N) is 1. The van der Waals surface area contributed by atoms with Gasteiger partial charge in [0.05, 0.1) is 18.2 Å². The van der Waals surface area contributed by atoms with Gasteiger partial charge < -0.3 is 20.5 Å². The number of carboxylic acids is 1. The molecule has 10 nitrogen and oxygen atoms in total. The molecule has 0 fully saturated rings. The zero-order valence-electron chi connectivity index (χ0n) is 12.8. The van der Waals surface area contributed by atoms with Gasteiger partial charge in [-0.3, -0.25) is 0 Å². The third kappa shape index (κ3) is 2.76. The zero-order valence-corrected chi connectivity index (χ0v) is 12.8. The number of benzene rings is 1. The number of rotatable bonds is 6. The molecule has 0 aliphatic carbocycles. The average molecular weight is 328 g/mol. The van der Waals surface area contributed by atoms with Crippen molar-refractivity contribution in [2.75, 3.05) is 17.2 Å². The van der Waals surface area contributed by atoms with Gasteiger partial charge in [0.15, 0.2) is 0 Å². The molecule has 10 heteroatoms. The van der Waals surface area contributed by atoms with Gasteiger partial charge in [-0.25, -0.2) is 4.63 Å². The van der Waals surface area contributed by atoms with Gasteiger partial charge in [0.2, 0.25) is 11.6 Å². The van der Waals surface area contributed by atoms with Crippen molar-refractivity contribution < 1.29 is 14.5 Å². The van der Waals surface area contributed by atoms with Gasteiger partial charge >= 0.3 is 0 Å². The first-order chi connectivity index (χ1) is 11.6. The third-order valence-electron chi connectivity index (χ3n) is 3.50. The smallest absolute Gasteiger partial charge is 0.243 e. The maximum Gasteiger partial charge on any atom is 0.243 e. The van der Waals surface area contributed by atoms with Crippen LogP contribution in [0.4, 0.5) is 11.5 Å². The molecule has 0 atom stereocenters. The van der Waals surface area contributed by atoms with Crippen molar-refractivity contribution in [3.63, 3.8) is 0 Å². The number of anilines is 2. The second kappa shape index (κ2) is 6.36. The quantitative estimate of drug-likeness (QED) is 0.641. The van der Waals surface area contributed by atoms with Crippen LogP contribution in [0.25, 0.3) is 5.82 Å². The van der Waals surface area contributed by atoms with Crippen LogP contribution in [0.2, 0.25) is 0 Å². The summed E-state index contributed by atoms with van der Waals surface area (Å²) in [7, 11) is 0. The molecule has 0 saturated heterocycles. The zero-order chi connectivity index (χ0) is 17.1. The first kappa shape index (κ1) is 15.5. The second-order valence-corrected chi connectivity index (χ2v) is 4.91. The van der Waals surface area contributed by atoms with E-state index in [-0.39, 0.29) is 29.6 Å². The molecule has 124 valence electrons. The fourth-order valence-corrected chi connectivity index (χ4v) is 2.32. The molecular weight excluding hydrogens is 314 g/mol. The Morgan fingerprint density at radius 2 is 2.08 bits per heavy atom. The maximum atomic E-state index is 11.4. The van der Waals surface area contributed by atoms with E-state index < -0.39 is 5.97 Å². The van der Waals surface area contributed by atoms with Crippen molar-refractivity contribution in [2.24, 2.45) is 0 Å². The molecule has 1 aromatic carbocycles. The average Bonchev–Trinajstić information content (AvgIpc) is 3.19. The standard InChI is InChI=1S/C14H15N7O3/c1-2-20(9-6-4-3-5-7-9)8-10-11(14(22)23)16-19-21(10)13-12(15)17-24-18-13/h3-7H,2,8H2,1H3,(H2,15,17)(H,22,23)/p-1. The van der Waals surface area contributed by atoms with Crippen LogP contribution in [0.3, 0.4) is 0 Å². The Hall–Kier alpha value is -3.43. The molecule has 0 saturated carbocycles. The number of hydrogen-bond acceptors (Lipinski definition) is 9.